The van der Waals surface area contributed by atoms with E-state index in [4.69, 9.17) is 22.9 Å². The minimum atomic E-state index is -1.59. The summed E-state index contributed by atoms with van der Waals surface area (Å²) in [5, 5.41) is 87.0. The number of carbonyl (C=O) groups is 25. The van der Waals surface area contributed by atoms with E-state index in [1.54, 1.807) is 7.05 Å². The molecule has 3 aliphatic rings. The first-order valence-corrected chi connectivity index (χ1v) is 47.4. The minimum absolute atomic E-state index is 0. The molecule has 57 nitrogen and oxygen atoms in total. The first kappa shape index (κ1) is 137. The van der Waals surface area contributed by atoms with Crippen molar-refractivity contribution in [2.45, 2.75) is 277 Å². The molecular weight excluding hydrogens is 1940 g/mol. The summed E-state index contributed by atoms with van der Waals surface area (Å²) in [6.45, 7) is 2.91. The summed E-state index contributed by atoms with van der Waals surface area (Å²) < 4.78 is 0. The smallest absolute Gasteiger partial charge is 0.333 e. The molecule has 0 aromatic heterocycles. The molecule has 3 rings (SSSR count). The van der Waals surface area contributed by atoms with Crippen LogP contribution in [0.25, 0.3) is 0 Å². The zero-order valence-corrected chi connectivity index (χ0v) is 82.0. The highest BCUT2D eigenvalue weighted by Gasteiger charge is 2.37. The Bertz CT molecular complexity index is 4130. The summed E-state index contributed by atoms with van der Waals surface area (Å²) >= 11 is 0. The Kier molecular flexibility index (Phi) is 76.5. The van der Waals surface area contributed by atoms with Crippen LogP contribution >= 0.6 is 0 Å². The average molecular weight is 2090 g/mol. The van der Waals surface area contributed by atoms with Gasteiger partial charge in [-0.2, -0.15) is 0 Å². The maximum absolute atomic E-state index is 12.6. The third-order valence-corrected chi connectivity index (χ3v) is 21.3. The van der Waals surface area contributed by atoms with E-state index < -0.39 is 244 Å². The van der Waals surface area contributed by atoms with Gasteiger partial charge in [-0.25, -0.2) is 25.2 Å². The van der Waals surface area contributed by atoms with Crippen LogP contribution in [0.3, 0.4) is 0 Å². The average Bonchev–Trinajstić information content (AvgIpc) is 1.74. The van der Waals surface area contributed by atoms with Crippen molar-refractivity contribution >= 4 is 148 Å². The molecule has 0 unspecified atom stereocenters. The standard InChI is InChI=1S/C45H83N13O15.C25H41N7O11.C13H14N2O8.C4H9N.2CH4/c1-4-28(39(46)67)13-6-9-19-50-43(71)33(25-60)55-37(65)22-52-42(70)32(24-59)51-21-30(63)15-12-17-36(64)57-45(73)34(26-61)56-38(66)23-53-44(72)35(27-62)58-54-20-11-7-14-29(5-2)41(69)49-18-10-8-16-31(48-3)40(47)68;1-2-15(23(26)40)6-3-4-11-28-31-17(14-34)24(41)27-12-19(36)29-16(13-33)25(42)30-18(35)7-5-8-22(39)43-32-20(37)9-10-21(32)38;16-8-4-5-9(17)14(8)22-12(20)2-1-3-13(21)23-15-10(18)6-7-11(15)19;1-2-3-4-5;;/h28-29,31-35,48,51,54,58-62H,4-27H2,1-3H3,(H2,46,67)(H2,47,68)(H,49,69)(H,50,71)(H,52,70)(H,53,72)(H,55,65)(H,56,66)(H,57,64,73);15-17,28,31,33-34H,2-14H2,1H3,(H2,26,40)(H,27,41)(H,29,36)(H,30,35,42);1-7H2;2-3H,4-5H2,1H3;2*1H4/t28-,29-,31-,32-,33-,34-,35-;15-,16-,17-;;;;/m00..../s1. The Morgan fingerprint density at radius 3 is 0.952 bits per heavy atom. The molecule has 10 atom stereocenters. The number of nitrogens with one attached hydrogen (secondary N) is 16. The fraction of sp³-hybridized carbons (Fsp3) is 0.697. The fourth-order valence-corrected chi connectivity index (χ4v) is 12.8. The van der Waals surface area contributed by atoms with Crippen molar-refractivity contribution in [2.24, 2.45) is 40.7 Å². The number of rotatable bonds is 72. The van der Waals surface area contributed by atoms with E-state index in [0.717, 1.165) is 12.8 Å². The van der Waals surface area contributed by atoms with Crippen molar-refractivity contribution in [3.63, 3.8) is 0 Å². The number of nitrogens with zero attached hydrogens (tertiary/aromatic N) is 3. The number of unbranched alkanes of at least 4 members (excludes halogenated alkanes) is 4. The number of primary amides is 3. The molecule has 57 heteroatoms. The lowest BCUT2D eigenvalue weighted by atomic mass is 9.98. The normalized spacial score (nSPS) is 14.5. The van der Waals surface area contributed by atoms with Gasteiger partial charge in [-0.1, -0.05) is 67.0 Å². The van der Waals surface area contributed by atoms with Gasteiger partial charge < -0.3 is 116 Å². The Hall–Kier alpha value is -12.8. The number of carbonyl (C=O) groups excluding carboxylic acids is 25. The van der Waals surface area contributed by atoms with E-state index in [2.05, 4.69) is 89.4 Å². The highest BCUT2D eigenvalue weighted by molar-refractivity contribution is 6.04. The van der Waals surface area contributed by atoms with Gasteiger partial charge in [0.05, 0.1) is 71.9 Å². The molecule has 0 aromatic carbocycles. The predicted octanol–water partition coefficient (Wildman–Crippen LogP) is -9.38. The van der Waals surface area contributed by atoms with E-state index in [1.165, 1.54) is 0 Å². The van der Waals surface area contributed by atoms with Crippen LogP contribution in [0.1, 0.15) is 235 Å². The van der Waals surface area contributed by atoms with Gasteiger partial charge >= 0.3 is 17.9 Å². The fourth-order valence-electron chi connectivity index (χ4n) is 12.8. The molecule has 3 fully saturated rings. The van der Waals surface area contributed by atoms with Crippen LogP contribution in [0, 0.1) is 17.8 Å². The lowest BCUT2D eigenvalue weighted by molar-refractivity contribution is -0.199. The predicted molar refractivity (Wildman–Crippen MR) is 514 cm³/mol. The third kappa shape index (κ3) is 60.2. The monoisotopic (exact) mass is 2090 g/mol. The molecule has 3 saturated heterocycles. The number of ketones is 1. The summed E-state index contributed by atoms with van der Waals surface area (Å²) in [5.41, 5.74) is 31.9. The maximum atomic E-state index is 12.6. The van der Waals surface area contributed by atoms with Crippen LogP contribution in [-0.2, 0) is 134 Å². The van der Waals surface area contributed by atoms with Gasteiger partial charge in [0.2, 0.25) is 76.8 Å². The summed E-state index contributed by atoms with van der Waals surface area (Å²) in [5.74, 6) is -18.0. The Labute approximate surface area is 846 Å². The molecule has 0 radical (unpaired) electrons. The molecule has 3 aliphatic heterocycles. The zero-order chi connectivity index (χ0) is 109. The van der Waals surface area contributed by atoms with Gasteiger partial charge in [-0.05, 0) is 110 Å². The molecule has 30 N–H and O–H groups in total. The molecule has 0 saturated carbocycles. The van der Waals surface area contributed by atoms with Crippen molar-refractivity contribution in [3.05, 3.63) is 12.2 Å². The van der Waals surface area contributed by atoms with E-state index in [9.17, 15) is 151 Å². The number of amides is 21. The number of likely N-dealkylation sites (N-methyl/N-ethyl adjacent to an activating group) is 1. The minimum Gasteiger partial charge on any atom is -0.394 e. The number of aliphatic hydroxyl groups excluding tert-OH is 6. The number of nitrogens with two attached hydrogens (primary N) is 4. The molecule has 0 spiro atoms. The van der Waals surface area contributed by atoms with Crippen molar-refractivity contribution in [1.82, 2.24) is 101 Å². The van der Waals surface area contributed by atoms with Gasteiger partial charge in [0.1, 0.15) is 42.0 Å². The molecule has 830 valence electrons. The van der Waals surface area contributed by atoms with Crippen LogP contribution in [-0.4, -0.2) is 341 Å². The van der Waals surface area contributed by atoms with Crippen molar-refractivity contribution in [3.8, 4) is 0 Å². The largest absolute Gasteiger partial charge is 0.394 e. The summed E-state index contributed by atoms with van der Waals surface area (Å²) in [6.07, 6.45) is 11.5. The molecular formula is C89H155N23O34. The highest BCUT2D eigenvalue weighted by Crippen LogP contribution is 2.19. The van der Waals surface area contributed by atoms with E-state index >= 15 is 0 Å². The molecule has 0 bridgehead atoms. The van der Waals surface area contributed by atoms with E-state index in [1.807, 2.05) is 50.5 Å². The second kappa shape index (κ2) is 81.4. The third-order valence-electron chi connectivity index (χ3n) is 21.3. The van der Waals surface area contributed by atoms with Crippen LogP contribution < -0.4 is 108 Å². The van der Waals surface area contributed by atoms with Gasteiger partial charge in [0.25, 0.3) is 47.3 Å². The second-order valence-corrected chi connectivity index (χ2v) is 32.6. The number of allylic oxidation sites excluding steroid dienone is 1. The van der Waals surface area contributed by atoms with Gasteiger partial charge in [-0.3, -0.25) is 132 Å². The van der Waals surface area contributed by atoms with Crippen LogP contribution in [0.4, 0.5) is 0 Å². The summed E-state index contributed by atoms with van der Waals surface area (Å²) in [4.78, 5) is 311. The van der Waals surface area contributed by atoms with Gasteiger partial charge in [-0.15, -0.1) is 15.2 Å². The zero-order valence-electron chi connectivity index (χ0n) is 82.0. The Morgan fingerprint density at radius 1 is 0.342 bits per heavy atom. The maximum Gasteiger partial charge on any atom is 0.333 e. The quantitative estimate of drug-likeness (QED) is 0.0116. The molecule has 0 aliphatic carbocycles. The van der Waals surface area contributed by atoms with Crippen molar-refractivity contribution < 1.29 is 165 Å². The first-order chi connectivity index (χ1) is 68.5. The van der Waals surface area contributed by atoms with Gasteiger partial charge in [0.15, 0.2) is 0 Å². The van der Waals surface area contributed by atoms with E-state index in [0.29, 0.717) is 125 Å². The molecule has 0 aromatic rings. The number of hydroxylamine groups is 6. The lowest BCUT2D eigenvalue weighted by Gasteiger charge is -2.19. The lowest BCUT2D eigenvalue weighted by Crippen LogP contribution is -2.55. The second-order valence-electron chi connectivity index (χ2n) is 32.6. The SMILES string of the molecule is C.C.CC=CCN.CC[C@@H](CCCCNC(=O)[C@H](CO)NC(=O)CNC(=O)[C@H](CO)NCC(=O)CCCC(=O)NC(=O)[C@H](CO)NC(=O)CNC(=O)[C@H](CO)NNCCCC[C@H](CC)C(=O)NCCCC[C@H](NC)C(N)=O)C(N)=O.CC[C@@H](CCCCNN[C@@H](CO)C(=O)NCC(=O)N[C@@H](CO)C(=O)NC(=O)CCCC(=O)ON1C(=O)CCC1=O)C(N)=O.O=C(CCCC(=O)ON1C(=O)CCC1=O)ON1C(=O)CCC1=O. The first-order valence-electron chi connectivity index (χ1n) is 47.4. The van der Waals surface area contributed by atoms with Crippen LogP contribution in [0.15, 0.2) is 12.2 Å². The number of hydrazine groups is 2. The molecule has 146 heavy (non-hydrogen) atoms. The van der Waals surface area contributed by atoms with Crippen molar-refractivity contribution in [2.75, 3.05) is 106 Å². The van der Waals surface area contributed by atoms with E-state index in [-0.39, 0.29) is 147 Å². The van der Waals surface area contributed by atoms with Gasteiger partial charge in [0, 0.05) is 128 Å². The Balaban J connectivity index is -0.00000233. The topological polar surface area (TPSA) is 882 Å². The van der Waals surface area contributed by atoms with Crippen LogP contribution in [0.2, 0.25) is 0 Å². The molecule has 21 amide bonds. The highest BCUT2D eigenvalue weighted by atomic mass is 16.7. The van der Waals surface area contributed by atoms with Crippen LogP contribution in [0.5, 0.6) is 0 Å². The number of hydrogen-bond donors (Lipinski definition) is 26. The number of Topliss-reactive ketones (excluding diaryl/α,β-unsaturated/α-hetero) is 1. The number of aliphatic hydroxyl groups is 6. The number of hydrogen-bond acceptors (Lipinski definition) is 41. The summed E-state index contributed by atoms with van der Waals surface area (Å²) in [7, 11) is 1.66. The Morgan fingerprint density at radius 2 is 0.644 bits per heavy atom. The van der Waals surface area contributed by atoms with Crippen molar-refractivity contribution in [1.29, 1.82) is 0 Å². The molecule has 3 heterocycles. The number of imide groups is 5. The summed E-state index contributed by atoms with van der Waals surface area (Å²) in [6, 6.07) is -8.44.